The fourth-order valence-corrected chi connectivity index (χ4v) is 0.766. The first-order valence-corrected chi connectivity index (χ1v) is 2.96. The molecule has 0 amide bonds. The molecule has 0 radical (unpaired) electrons. The maximum atomic E-state index is 9.79. The summed E-state index contributed by atoms with van der Waals surface area (Å²) in [6, 6.07) is 7.13. The van der Waals surface area contributed by atoms with Crippen LogP contribution in [0.3, 0.4) is 0 Å². The van der Waals surface area contributed by atoms with Gasteiger partial charge in [0.05, 0.1) is 0 Å². The third-order valence-corrected chi connectivity index (χ3v) is 1.20. The van der Waals surface area contributed by atoms with Gasteiger partial charge in [-0.2, -0.15) is 4.91 Å². The van der Waals surface area contributed by atoms with Crippen LogP contribution < -0.4 is 5.73 Å². The van der Waals surface area contributed by atoms with E-state index in [1.807, 2.05) is 6.07 Å². The molecule has 0 saturated heterocycles. The van der Waals surface area contributed by atoms with E-state index in [0.29, 0.717) is 5.69 Å². The van der Waals surface area contributed by atoms with Crippen LogP contribution in [0.4, 0.5) is 5.69 Å². The number of nitrogens with two attached hydrogens (primary N) is 1. The van der Waals surface area contributed by atoms with Crippen molar-refractivity contribution in [2.45, 2.75) is 6.54 Å². The number of hydrogen-bond donors (Lipinski definition) is 1. The van der Waals surface area contributed by atoms with Gasteiger partial charge >= 0.3 is 0 Å². The molecule has 0 unspecified atom stereocenters. The molecule has 0 bridgehead atoms. The second-order valence-electron chi connectivity index (χ2n) is 2.03. The Bertz CT molecular complexity index is 235. The molecule has 3 heteroatoms. The van der Waals surface area contributed by atoms with E-state index >= 15 is 0 Å². The Kier molecular flexibility index (Phi) is 1.99. The van der Waals surface area contributed by atoms with Crippen LogP contribution in [0.25, 0.3) is 0 Å². The van der Waals surface area contributed by atoms with Crippen molar-refractivity contribution in [2.75, 3.05) is 5.73 Å². The van der Waals surface area contributed by atoms with Crippen LogP contribution in [0.1, 0.15) is 5.56 Å². The number of hydrogen-bond acceptors (Lipinski definition) is 3. The van der Waals surface area contributed by atoms with E-state index in [4.69, 9.17) is 5.73 Å². The SMILES string of the molecule is Nc1cccc(CN=O)c1. The van der Waals surface area contributed by atoms with Gasteiger partial charge in [-0.25, -0.2) is 0 Å². The molecule has 1 aromatic carbocycles. The Labute approximate surface area is 58.8 Å². The fraction of sp³-hybridized carbons (Fsp3) is 0.143. The molecule has 3 nitrogen and oxygen atoms in total. The predicted octanol–water partition coefficient (Wildman–Crippen LogP) is 1.54. The maximum absolute atomic E-state index is 9.79. The quantitative estimate of drug-likeness (QED) is 0.495. The van der Waals surface area contributed by atoms with Crippen LogP contribution >= 0.6 is 0 Å². The average molecular weight is 136 g/mol. The molecule has 52 valence electrons. The van der Waals surface area contributed by atoms with Crippen molar-refractivity contribution in [1.82, 2.24) is 0 Å². The molecule has 0 saturated carbocycles. The van der Waals surface area contributed by atoms with E-state index in [-0.39, 0.29) is 6.54 Å². The summed E-state index contributed by atoms with van der Waals surface area (Å²) in [6.07, 6.45) is 0. The molecular formula is C7H8N2O. The molecule has 0 heterocycles. The molecule has 1 aromatic rings. The van der Waals surface area contributed by atoms with Crippen molar-refractivity contribution < 1.29 is 0 Å². The lowest BCUT2D eigenvalue weighted by atomic mass is 10.2. The highest BCUT2D eigenvalue weighted by molar-refractivity contribution is 5.40. The molecule has 0 aliphatic carbocycles. The van der Waals surface area contributed by atoms with E-state index < -0.39 is 0 Å². The zero-order chi connectivity index (χ0) is 7.40. The highest BCUT2D eigenvalue weighted by atomic mass is 16.3. The minimum atomic E-state index is 0.199. The highest BCUT2D eigenvalue weighted by Gasteiger charge is 1.90. The lowest BCUT2D eigenvalue weighted by Crippen LogP contribution is -1.86. The fourth-order valence-electron chi connectivity index (χ4n) is 0.766. The number of nitrogen functional groups attached to an aromatic ring is 1. The summed E-state index contributed by atoms with van der Waals surface area (Å²) < 4.78 is 0. The van der Waals surface area contributed by atoms with Crippen LogP contribution in [-0.2, 0) is 6.54 Å². The molecular weight excluding hydrogens is 128 g/mol. The van der Waals surface area contributed by atoms with E-state index in [0.717, 1.165) is 5.56 Å². The lowest BCUT2D eigenvalue weighted by molar-refractivity contribution is 1.06. The molecule has 2 N–H and O–H groups in total. The zero-order valence-electron chi connectivity index (χ0n) is 5.45. The van der Waals surface area contributed by atoms with Crippen LogP contribution in [0.5, 0.6) is 0 Å². The lowest BCUT2D eigenvalue weighted by Gasteiger charge is -1.94. The van der Waals surface area contributed by atoms with Crippen molar-refractivity contribution in [3.63, 3.8) is 0 Å². The minimum absolute atomic E-state index is 0.199. The summed E-state index contributed by atoms with van der Waals surface area (Å²) in [7, 11) is 0. The zero-order valence-corrected chi connectivity index (χ0v) is 5.45. The van der Waals surface area contributed by atoms with Gasteiger partial charge in [-0.05, 0) is 17.7 Å². The van der Waals surface area contributed by atoms with Gasteiger partial charge < -0.3 is 5.73 Å². The number of anilines is 1. The molecule has 1 rings (SSSR count). The maximum Gasteiger partial charge on any atom is 0.106 e. The first kappa shape index (κ1) is 6.74. The Morgan fingerprint density at radius 3 is 2.90 bits per heavy atom. The highest BCUT2D eigenvalue weighted by Crippen LogP contribution is 2.06. The van der Waals surface area contributed by atoms with Crippen molar-refractivity contribution in [3.05, 3.63) is 34.7 Å². The molecule has 0 fully saturated rings. The Morgan fingerprint density at radius 2 is 2.30 bits per heavy atom. The van der Waals surface area contributed by atoms with Crippen LogP contribution in [0, 0.1) is 4.91 Å². The number of nitroso groups, excluding NO2 is 1. The van der Waals surface area contributed by atoms with Crippen LogP contribution in [-0.4, -0.2) is 0 Å². The van der Waals surface area contributed by atoms with Gasteiger partial charge in [0, 0.05) is 5.69 Å². The van der Waals surface area contributed by atoms with Gasteiger partial charge in [0.1, 0.15) is 6.54 Å². The van der Waals surface area contributed by atoms with Gasteiger partial charge in [0.2, 0.25) is 0 Å². The van der Waals surface area contributed by atoms with Crippen LogP contribution in [0.2, 0.25) is 0 Å². The van der Waals surface area contributed by atoms with Crippen LogP contribution in [0.15, 0.2) is 29.4 Å². The third-order valence-electron chi connectivity index (χ3n) is 1.20. The van der Waals surface area contributed by atoms with E-state index in [2.05, 4.69) is 5.18 Å². The summed E-state index contributed by atoms with van der Waals surface area (Å²) in [5.41, 5.74) is 6.97. The Balaban J connectivity index is 2.84. The summed E-state index contributed by atoms with van der Waals surface area (Å²) >= 11 is 0. The smallest absolute Gasteiger partial charge is 0.106 e. The van der Waals surface area contributed by atoms with Gasteiger partial charge in [-0.1, -0.05) is 17.3 Å². The summed E-state index contributed by atoms with van der Waals surface area (Å²) in [5, 5.41) is 2.74. The third kappa shape index (κ3) is 1.55. The molecule has 0 atom stereocenters. The first-order chi connectivity index (χ1) is 4.83. The predicted molar refractivity (Wildman–Crippen MR) is 40.4 cm³/mol. The second-order valence-corrected chi connectivity index (χ2v) is 2.03. The van der Waals surface area contributed by atoms with Gasteiger partial charge in [0.25, 0.3) is 0 Å². The van der Waals surface area contributed by atoms with Crippen molar-refractivity contribution >= 4 is 5.69 Å². The molecule has 10 heavy (non-hydrogen) atoms. The molecule has 0 aliphatic heterocycles. The summed E-state index contributed by atoms with van der Waals surface area (Å²) in [4.78, 5) is 9.79. The topological polar surface area (TPSA) is 55.4 Å². The van der Waals surface area contributed by atoms with Gasteiger partial charge in [0.15, 0.2) is 0 Å². The van der Waals surface area contributed by atoms with E-state index in [1.54, 1.807) is 18.2 Å². The summed E-state index contributed by atoms with van der Waals surface area (Å²) in [5.74, 6) is 0. The molecule has 0 aromatic heterocycles. The second kappa shape index (κ2) is 2.96. The number of rotatable bonds is 2. The Hall–Kier alpha value is -1.38. The monoisotopic (exact) mass is 136 g/mol. The largest absolute Gasteiger partial charge is 0.399 e. The summed E-state index contributed by atoms with van der Waals surface area (Å²) in [6.45, 7) is 0.199. The number of benzene rings is 1. The standard InChI is InChI=1S/C7H8N2O/c8-7-3-1-2-6(4-7)5-9-10/h1-4H,5,8H2. The first-order valence-electron chi connectivity index (χ1n) is 2.96. The van der Waals surface area contributed by atoms with Crippen molar-refractivity contribution in [3.8, 4) is 0 Å². The van der Waals surface area contributed by atoms with Gasteiger partial charge in [-0.3, -0.25) is 0 Å². The van der Waals surface area contributed by atoms with Crippen molar-refractivity contribution in [1.29, 1.82) is 0 Å². The average Bonchev–Trinajstić information content (AvgIpc) is 1.88. The molecule has 0 aliphatic rings. The van der Waals surface area contributed by atoms with E-state index in [9.17, 15) is 4.91 Å². The number of nitrogens with zero attached hydrogens (tertiary/aromatic N) is 1. The van der Waals surface area contributed by atoms with Gasteiger partial charge in [-0.15, -0.1) is 0 Å². The molecule has 0 spiro atoms. The normalized spacial score (nSPS) is 9.20. The Morgan fingerprint density at radius 1 is 1.50 bits per heavy atom. The minimum Gasteiger partial charge on any atom is -0.399 e. The van der Waals surface area contributed by atoms with Crippen molar-refractivity contribution in [2.24, 2.45) is 5.18 Å². The van der Waals surface area contributed by atoms with E-state index in [1.165, 1.54) is 0 Å².